The van der Waals surface area contributed by atoms with Crippen molar-refractivity contribution in [2.45, 2.75) is 26.4 Å². The first-order valence-corrected chi connectivity index (χ1v) is 10.0. The molecule has 0 atom stereocenters. The van der Waals surface area contributed by atoms with Gasteiger partial charge in [0.25, 0.3) is 0 Å². The summed E-state index contributed by atoms with van der Waals surface area (Å²) in [5, 5.41) is 0.865. The van der Waals surface area contributed by atoms with Crippen molar-refractivity contribution in [1.82, 2.24) is 4.98 Å². The van der Waals surface area contributed by atoms with E-state index in [9.17, 15) is 8.96 Å². The summed E-state index contributed by atoms with van der Waals surface area (Å²) in [7, 11) is -4.87. The van der Waals surface area contributed by atoms with Crippen molar-refractivity contribution >= 4 is 29.3 Å². The molecule has 0 saturated heterocycles. The normalized spacial score (nSPS) is 12.8. The van der Waals surface area contributed by atoms with Gasteiger partial charge in [-0.05, 0) is 50.4 Å². The van der Waals surface area contributed by atoms with Gasteiger partial charge in [0.05, 0.1) is 18.7 Å². The minimum atomic E-state index is -4.87. The minimum absolute atomic E-state index is 0.127. The summed E-state index contributed by atoms with van der Waals surface area (Å²) >= 11 is 0. The largest absolute Gasteiger partial charge is 0.406 e. The molecular formula is C19H19F3NO3P. The molecule has 0 fully saturated rings. The number of halogens is 3. The lowest BCUT2D eigenvalue weighted by Crippen LogP contribution is -2.20. The molecule has 0 unspecified atom stereocenters. The first-order valence-electron chi connectivity index (χ1n) is 8.50. The molecule has 0 radical (unpaired) electrons. The van der Waals surface area contributed by atoms with Gasteiger partial charge in [0.2, 0.25) is 0 Å². The van der Waals surface area contributed by atoms with E-state index in [0.717, 1.165) is 11.6 Å². The quantitative estimate of drug-likeness (QED) is 0.370. The third kappa shape index (κ3) is 3.35. The van der Waals surface area contributed by atoms with E-state index >= 15 is 8.78 Å². The second kappa shape index (κ2) is 7.23. The van der Waals surface area contributed by atoms with Gasteiger partial charge in [-0.3, -0.25) is 4.57 Å². The van der Waals surface area contributed by atoms with Gasteiger partial charge < -0.3 is 9.05 Å². The molecule has 0 saturated carbocycles. The van der Waals surface area contributed by atoms with Crippen LogP contribution in [0.4, 0.5) is 13.2 Å². The van der Waals surface area contributed by atoms with Crippen LogP contribution in [0.1, 0.15) is 25.1 Å². The van der Waals surface area contributed by atoms with Crippen molar-refractivity contribution in [2.75, 3.05) is 13.2 Å². The summed E-state index contributed by atoms with van der Waals surface area (Å²) in [6.07, 6.45) is 0. The zero-order valence-electron chi connectivity index (χ0n) is 15.1. The molecule has 4 nitrogen and oxygen atoms in total. The molecule has 0 aliphatic rings. The van der Waals surface area contributed by atoms with E-state index in [-0.39, 0.29) is 24.1 Å². The van der Waals surface area contributed by atoms with E-state index in [1.54, 1.807) is 18.2 Å². The molecule has 1 heterocycles. The molecule has 8 heteroatoms. The summed E-state index contributed by atoms with van der Waals surface area (Å²) in [6.45, 7) is 4.28. The van der Waals surface area contributed by atoms with Gasteiger partial charge in [0, 0.05) is 10.8 Å². The number of hydrogen-bond donors (Lipinski definition) is 0. The standard InChI is InChI=1S/C19H19F3NO3P/c1-4-25-27(24,26-5-2)19(21,22)18-16-11-13(20)7-8-14(16)15-10-12(3)6-9-17(15)23-18/h6-11H,4-5H2,1-3H3. The highest BCUT2D eigenvalue weighted by molar-refractivity contribution is 7.54. The van der Waals surface area contributed by atoms with Gasteiger partial charge in [0.15, 0.2) is 0 Å². The second-order valence-electron chi connectivity index (χ2n) is 6.05. The number of pyridine rings is 1. The maximum absolute atomic E-state index is 15.3. The Morgan fingerprint density at radius 2 is 1.67 bits per heavy atom. The summed E-state index contributed by atoms with van der Waals surface area (Å²) in [5.74, 6) is -0.698. The van der Waals surface area contributed by atoms with Gasteiger partial charge in [-0.25, -0.2) is 9.37 Å². The average Bonchev–Trinajstić information content (AvgIpc) is 2.61. The number of rotatable bonds is 6. The van der Waals surface area contributed by atoms with E-state index in [2.05, 4.69) is 4.98 Å². The van der Waals surface area contributed by atoms with Crippen LogP contribution in [0.25, 0.3) is 21.7 Å². The fourth-order valence-electron chi connectivity index (χ4n) is 2.99. The molecular weight excluding hydrogens is 378 g/mol. The van der Waals surface area contributed by atoms with E-state index in [4.69, 9.17) is 9.05 Å². The Morgan fingerprint density at radius 3 is 2.30 bits per heavy atom. The van der Waals surface area contributed by atoms with E-state index < -0.39 is 24.8 Å². The lowest BCUT2D eigenvalue weighted by Gasteiger charge is -2.26. The van der Waals surface area contributed by atoms with E-state index in [0.29, 0.717) is 10.8 Å². The molecule has 0 aliphatic heterocycles. The second-order valence-corrected chi connectivity index (χ2v) is 8.12. The Balaban J connectivity index is 2.39. The third-order valence-electron chi connectivity index (χ3n) is 4.14. The Bertz CT molecular complexity index is 1050. The van der Waals surface area contributed by atoms with Crippen LogP contribution >= 0.6 is 7.60 Å². The van der Waals surface area contributed by atoms with Crippen LogP contribution in [-0.2, 0) is 19.3 Å². The molecule has 144 valence electrons. The summed E-state index contributed by atoms with van der Waals surface area (Å²) in [5.41, 5.74) is -3.68. The summed E-state index contributed by atoms with van der Waals surface area (Å²) in [6, 6.07) is 8.69. The number of alkyl halides is 2. The van der Waals surface area contributed by atoms with Crippen molar-refractivity contribution in [1.29, 1.82) is 0 Å². The first-order chi connectivity index (χ1) is 12.7. The molecule has 1 aromatic heterocycles. The monoisotopic (exact) mass is 397 g/mol. The Morgan fingerprint density at radius 1 is 1.00 bits per heavy atom. The topological polar surface area (TPSA) is 48.4 Å². The smallest absolute Gasteiger partial charge is 0.304 e. The first kappa shape index (κ1) is 19.8. The zero-order valence-corrected chi connectivity index (χ0v) is 16.0. The predicted octanol–water partition coefficient (Wildman–Crippen LogP) is 6.15. The zero-order chi connectivity index (χ0) is 19.8. The molecule has 2 aromatic carbocycles. The molecule has 0 aliphatic carbocycles. The van der Waals surface area contributed by atoms with Crippen LogP contribution in [0.15, 0.2) is 36.4 Å². The maximum Gasteiger partial charge on any atom is 0.406 e. The lowest BCUT2D eigenvalue weighted by atomic mass is 10.0. The van der Waals surface area contributed by atoms with Crippen LogP contribution in [-0.4, -0.2) is 18.2 Å². The SMILES string of the molecule is CCOP(=O)(OCC)C(F)(F)c1nc2ccc(C)cc2c2ccc(F)cc12. The number of aromatic nitrogens is 1. The fourth-order valence-corrected chi connectivity index (χ4v) is 4.50. The van der Waals surface area contributed by atoms with Gasteiger partial charge in [-0.1, -0.05) is 17.7 Å². The number of hydrogen-bond acceptors (Lipinski definition) is 4. The van der Waals surface area contributed by atoms with Crippen LogP contribution in [0.5, 0.6) is 0 Å². The van der Waals surface area contributed by atoms with Crippen molar-refractivity contribution < 1.29 is 26.8 Å². The molecule has 0 spiro atoms. The van der Waals surface area contributed by atoms with Crippen LogP contribution < -0.4 is 0 Å². The number of aryl methyl sites for hydroxylation is 1. The summed E-state index contributed by atoms with van der Waals surface area (Å²) < 4.78 is 67.1. The van der Waals surface area contributed by atoms with Crippen molar-refractivity contribution in [3.63, 3.8) is 0 Å². The molecule has 3 aromatic rings. The van der Waals surface area contributed by atoms with Crippen molar-refractivity contribution in [3.05, 3.63) is 53.5 Å². The molecule has 3 rings (SSSR count). The third-order valence-corrected chi connectivity index (χ3v) is 6.23. The van der Waals surface area contributed by atoms with Gasteiger partial charge in [-0.15, -0.1) is 0 Å². The Labute approximate surface area is 154 Å². The minimum Gasteiger partial charge on any atom is -0.304 e. The lowest BCUT2D eigenvalue weighted by molar-refractivity contribution is 0.0340. The predicted molar refractivity (Wildman–Crippen MR) is 98.7 cm³/mol. The number of nitrogens with zero attached hydrogens (tertiary/aromatic N) is 1. The number of fused-ring (bicyclic) bond motifs is 3. The Kier molecular flexibility index (Phi) is 5.30. The highest BCUT2D eigenvalue weighted by Crippen LogP contribution is 2.67. The highest BCUT2D eigenvalue weighted by Gasteiger charge is 2.57. The Hall–Kier alpha value is -1.95. The van der Waals surface area contributed by atoms with Gasteiger partial charge in [-0.2, -0.15) is 8.78 Å². The molecule has 0 amide bonds. The highest BCUT2D eigenvalue weighted by atomic mass is 31.2. The maximum atomic E-state index is 15.3. The van der Waals surface area contributed by atoms with Gasteiger partial charge in [0.1, 0.15) is 11.5 Å². The van der Waals surface area contributed by atoms with E-state index in [1.165, 1.54) is 26.0 Å². The summed E-state index contributed by atoms with van der Waals surface area (Å²) in [4.78, 5) is 4.04. The van der Waals surface area contributed by atoms with Crippen LogP contribution in [0.3, 0.4) is 0 Å². The fraction of sp³-hybridized carbons (Fsp3) is 0.316. The molecule has 0 N–H and O–H groups in total. The molecule has 27 heavy (non-hydrogen) atoms. The van der Waals surface area contributed by atoms with Gasteiger partial charge >= 0.3 is 13.3 Å². The average molecular weight is 397 g/mol. The number of benzene rings is 2. The van der Waals surface area contributed by atoms with Crippen molar-refractivity contribution in [2.24, 2.45) is 0 Å². The molecule has 0 bridgehead atoms. The van der Waals surface area contributed by atoms with Crippen LogP contribution in [0.2, 0.25) is 0 Å². The van der Waals surface area contributed by atoms with Crippen LogP contribution in [0, 0.1) is 12.7 Å². The van der Waals surface area contributed by atoms with Crippen molar-refractivity contribution in [3.8, 4) is 0 Å². The van der Waals surface area contributed by atoms with E-state index in [1.807, 2.05) is 6.92 Å².